The molecule has 0 saturated carbocycles. The van der Waals surface area contributed by atoms with Crippen molar-refractivity contribution in [2.45, 2.75) is 0 Å². The Morgan fingerprint density at radius 2 is 2.09 bits per heavy atom. The van der Waals surface area contributed by atoms with Crippen molar-refractivity contribution >= 4 is 5.82 Å². The van der Waals surface area contributed by atoms with E-state index >= 15 is 0 Å². The maximum Gasteiger partial charge on any atom is 0.257 e. The van der Waals surface area contributed by atoms with Crippen LogP contribution in [-0.4, -0.2) is 24.2 Å². The second-order valence-electron chi connectivity index (χ2n) is 1.81. The summed E-state index contributed by atoms with van der Waals surface area (Å²) in [5.74, 6) is 0.918. The molecule has 0 spiro atoms. The fraction of sp³-hybridized carbons (Fsp3) is 0.333. The van der Waals surface area contributed by atoms with Crippen LogP contribution >= 0.6 is 0 Å². The first-order chi connectivity index (χ1) is 5.27. The molecule has 0 atom stereocenters. The van der Waals surface area contributed by atoms with Crippen LogP contribution < -0.4 is 15.2 Å². The molecule has 0 amide bonds. The Kier molecular flexibility index (Phi) is 2.10. The van der Waals surface area contributed by atoms with Crippen LogP contribution in [0.1, 0.15) is 0 Å². The summed E-state index contributed by atoms with van der Waals surface area (Å²) in [5, 5.41) is 0. The summed E-state index contributed by atoms with van der Waals surface area (Å²) in [6, 6.07) is 0. The van der Waals surface area contributed by atoms with E-state index in [2.05, 4.69) is 9.97 Å². The number of rotatable bonds is 2. The highest BCUT2D eigenvalue weighted by molar-refractivity contribution is 5.41. The predicted molar refractivity (Wildman–Crippen MR) is 39.5 cm³/mol. The van der Waals surface area contributed by atoms with Crippen LogP contribution in [0.5, 0.6) is 11.8 Å². The zero-order valence-corrected chi connectivity index (χ0v) is 6.37. The highest BCUT2D eigenvalue weighted by Crippen LogP contribution is 2.16. The Morgan fingerprint density at radius 1 is 1.36 bits per heavy atom. The third-order valence-corrected chi connectivity index (χ3v) is 1.14. The first kappa shape index (κ1) is 7.59. The number of nitrogen functional groups attached to an aromatic ring is 1. The predicted octanol–water partition coefficient (Wildman–Crippen LogP) is 0.0760. The number of ether oxygens (including phenoxy) is 2. The molecule has 0 unspecified atom stereocenters. The van der Waals surface area contributed by atoms with Gasteiger partial charge in [-0.3, -0.25) is 0 Å². The van der Waals surface area contributed by atoms with Crippen LogP contribution in [0.2, 0.25) is 0 Å². The standard InChI is InChI=1S/C6H9N3O2/c1-10-4-3-8-6(11-2)5(7)9-4/h3H,1-2H3,(H2,7,9). The largest absolute Gasteiger partial charge is 0.480 e. The van der Waals surface area contributed by atoms with Gasteiger partial charge in [0, 0.05) is 0 Å². The van der Waals surface area contributed by atoms with Crippen molar-refractivity contribution in [3.05, 3.63) is 6.20 Å². The Hall–Kier alpha value is -1.52. The van der Waals surface area contributed by atoms with Gasteiger partial charge in [-0.05, 0) is 0 Å². The lowest BCUT2D eigenvalue weighted by Gasteiger charge is -2.02. The molecule has 0 radical (unpaired) electrons. The van der Waals surface area contributed by atoms with Crippen LogP contribution in [0.3, 0.4) is 0 Å². The molecule has 1 aromatic heterocycles. The van der Waals surface area contributed by atoms with Gasteiger partial charge in [-0.2, -0.15) is 4.98 Å². The molecular formula is C6H9N3O2. The van der Waals surface area contributed by atoms with Crippen LogP contribution in [0.25, 0.3) is 0 Å². The molecule has 0 aromatic carbocycles. The summed E-state index contributed by atoms with van der Waals surface area (Å²) in [5.41, 5.74) is 5.43. The number of methoxy groups -OCH3 is 2. The Morgan fingerprint density at radius 3 is 2.55 bits per heavy atom. The van der Waals surface area contributed by atoms with Crippen molar-refractivity contribution in [1.29, 1.82) is 0 Å². The van der Waals surface area contributed by atoms with Gasteiger partial charge in [-0.1, -0.05) is 0 Å². The summed E-state index contributed by atoms with van der Waals surface area (Å²) in [7, 11) is 2.97. The van der Waals surface area contributed by atoms with Gasteiger partial charge in [0.1, 0.15) is 0 Å². The van der Waals surface area contributed by atoms with Gasteiger partial charge >= 0.3 is 0 Å². The number of nitrogens with zero attached hydrogens (tertiary/aromatic N) is 2. The fourth-order valence-corrected chi connectivity index (χ4v) is 0.631. The van der Waals surface area contributed by atoms with E-state index in [-0.39, 0.29) is 5.82 Å². The lowest BCUT2D eigenvalue weighted by atomic mass is 10.6. The van der Waals surface area contributed by atoms with E-state index < -0.39 is 0 Å². The summed E-state index contributed by atoms with van der Waals surface area (Å²) in [4.78, 5) is 7.66. The molecule has 1 rings (SSSR count). The smallest absolute Gasteiger partial charge is 0.257 e. The van der Waals surface area contributed by atoms with Crippen molar-refractivity contribution in [3.63, 3.8) is 0 Å². The summed E-state index contributed by atoms with van der Waals surface area (Å²) in [6.07, 6.45) is 1.44. The zero-order chi connectivity index (χ0) is 8.27. The molecule has 0 aliphatic rings. The van der Waals surface area contributed by atoms with Crippen LogP contribution in [0.15, 0.2) is 6.20 Å². The number of hydrogen-bond acceptors (Lipinski definition) is 5. The second-order valence-corrected chi connectivity index (χ2v) is 1.81. The minimum Gasteiger partial charge on any atom is -0.480 e. The molecule has 2 N–H and O–H groups in total. The first-order valence-corrected chi connectivity index (χ1v) is 2.98. The molecular weight excluding hydrogens is 146 g/mol. The van der Waals surface area contributed by atoms with E-state index in [4.69, 9.17) is 15.2 Å². The summed E-state index contributed by atoms with van der Waals surface area (Å²) >= 11 is 0. The minimum absolute atomic E-state index is 0.229. The first-order valence-electron chi connectivity index (χ1n) is 2.98. The number of aromatic nitrogens is 2. The van der Waals surface area contributed by atoms with Crippen molar-refractivity contribution in [3.8, 4) is 11.8 Å². The van der Waals surface area contributed by atoms with Gasteiger partial charge in [-0.25, -0.2) is 4.98 Å². The molecule has 1 aromatic rings. The third kappa shape index (κ3) is 1.49. The molecule has 0 bridgehead atoms. The minimum atomic E-state index is 0.229. The summed E-state index contributed by atoms with van der Waals surface area (Å²) in [6.45, 7) is 0. The average Bonchev–Trinajstić information content (AvgIpc) is 2.04. The molecule has 0 fully saturated rings. The monoisotopic (exact) mass is 155 g/mol. The molecule has 0 saturated heterocycles. The SMILES string of the molecule is COc1cnc(OC)c(N)n1. The Balaban J connectivity index is 2.99. The van der Waals surface area contributed by atoms with Gasteiger partial charge in [0.05, 0.1) is 20.4 Å². The maximum atomic E-state index is 5.43. The second kappa shape index (κ2) is 3.05. The molecule has 0 aliphatic heterocycles. The van der Waals surface area contributed by atoms with E-state index in [1.165, 1.54) is 20.4 Å². The van der Waals surface area contributed by atoms with Gasteiger partial charge in [0.25, 0.3) is 5.88 Å². The van der Waals surface area contributed by atoms with E-state index in [0.29, 0.717) is 11.8 Å². The Bertz CT molecular complexity index is 252. The number of hydrogen-bond donors (Lipinski definition) is 1. The van der Waals surface area contributed by atoms with E-state index in [1.807, 2.05) is 0 Å². The van der Waals surface area contributed by atoms with Gasteiger partial charge in [0.15, 0.2) is 5.82 Å². The van der Waals surface area contributed by atoms with Crippen molar-refractivity contribution < 1.29 is 9.47 Å². The average molecular weight is 155 g/mol. The van der Waals surface area contributed by atoms with Crippen LogP contribution in [0, 0.1) is 0 Å². The molecule has 1 heterocycles. The van der Waals surface area contributed by atoms with Crippen molar-refractivity contribution in [2.75, 3.05) is 20.0 Å². The maximum absolute atomic E-state index is 5.43. The molecule has 5 heteroatoms. The zero-order valence-electron chi connectivity index (χ0n) is 6.37. The molecule has 0 aliphatic carbocycles. The molecule has 5 nitrogen and oxygen atoms in total. The van der Waals surface area contributed by atoms with E-state index in [1.54, 1.807) is 0 Å². The molecule has 60 valence electrons. The Labute approximate surface area is 64.2 Å². The van der Waals surface area contributed by atoms with Crippen LogP contribution in [0.4, 0.5) is 5.82 Å². The van der Waals surface area contributed by atoms with Gasteiger partial charge in [-0.15, -0.1) is 0 Å². The number of nitrogens with two attached hydrogens (primary N) is 1. The lowest BCUT2D eigenvalue weighted by Crippen LogP contribution is -1.99. The number of anilines is 1. The van der Waals surface area contributed by atoms with E-state index in [0.717, 1.165) is 0 Å². The topological polar surface area (TPSA) is 70.3 Å². The lowest BCUT2D eigenvalue weighted by molar-refractivity contribution is 0.377. The van der Waals surface area contributed by atoms with Gasteiger partial charge in [0.2, 0.25) is 5.88 Å². The van der Waals surface area contributed by atoms with Crippen LogP contribution in [-0.2, 0) is 0 Å². The quantitative estimate of drug-likeness (QED) is 0.654. The molecule has 11 heavy (non-hydrogen) atoms. The van der Waals surface area contributed by atoms with Crippen molar-refractivity contribution in [2.24, 2.45) is 0 Å². The normalized spacial score (nSPS) is 9.27. The van der Waals surface area contributed by atoms with E-state index in [9.17, 15) is 0 Å². The van der Waals surface area contributed by atoms with Crippen molar-refractivity contribution in [1.82, 2.24) is 9.97 Å². The van der Waals surface area contributed by atoms with Gasteiger partial charge < -0.3 is 15.2 Å². The summed E-state index contributed by atoms with van der Waals surface area (Å²) < 4.78 is 9.58. The highest BCUT2D eigenvalue weighted by Gasteiger charge is 2.02. The third-order valence-electron chi connectivity index (χ3n) is 1.14. The highest BCUT2D eigenvalue weighted by atomic mass is 16.5. The fourth-order valence-electron chi connectivity index (χ4n) is 0.631.